The van der Waals surface area contributed by atoms with Crippen molar-refractivity contribution in [1.29, 1.82) is 0 Å². The topological polar surface area (TPSA) is 113 Å². The summed E-state index contributed by atoms with van der Waals surface area (Å²) in [6, 6.07) is 7.62. The fraction of sp³-hybridized carbons (Fsp3) is 0.200. The molecule has 1 atom stereocenters. The quantitative estimate of drug-likeness (QED) is 0.380. The number of carbonyl (C=O) groups is 2. The summed E-state index contributed by atoms with van der Waals surface area (Å²) in [6.07, 6.45) is 5.50. The van der Waals surface area contributed by atoms with Crippen LogP contribution in [-0.2, 0) is 4.79 Å². The standard InChI is InChI=1S/C25H21ClFN7O2/c1-14(23-20(27)4-3-17(13-35)33-23)32-24-18-8-15(2-5-21(18)29-11-19(24)26)16-9-30-25(31-10-16)34-7-6-28-22(36)12-34/h2-5,8-11,13-14H,6-7,12H2,1H3,(H,28,36)(H,29,32). The fourth-order valence-corrected chi connectivity index (χ4v) is 4.27. The van der Waals surface area contributed by atoms with Crippen molar-refractivity contribution in [3.63, 3.8) is 0 Å². The second kappa shape index (κ2) is 9.82. The lowest BCUT2D eigenvalue weighted by atomic mass is 10.0. The SMILES string of the molecule is CC(Nc1c(Cl)cnc2ccc(-c3cnc(N4CCNC(=O)C4)nc3)cc12)c1nc(C=O)ccc1F. The van der Waals surface area contributed by atoms with Crippen LogP contribution in [-0.4, -0.2) is 51.8 Å². The van der Waals surface area contributed by atoms with Gasteiger partial charge < -0.3 is 15.5 Å². The molecule has 182 valence electrons. The summed E-state index contributed by atoms with van der Waals surface area (Å²) in [5.74, 6) is -0.100. The molecule has 1 fully saturated rings. The Morgan fingerprint density at radius 3 is 2.69 bits per heavy atom. The molecule has 1 aliphatic heterocycles. The lowest BCUT2D eigenvalue weighted by molar-refractivity contribution is -0.120. The second-order valence-corrected chi connectivity index (χ2v) is 8.75. The molecule has 2 N–H and O–H groups in total. The summed E-state index contributed by atoms with van der Waals surface area (Å²) in [4.78, 5) is 42.0. The molecule has 0 spiro atoms. The molecule has 36 heavy (non-hydrogen) atoms. The molecule has 4 heterocycles. The number of pyridine rings is 2. The van der Waals surface area contributed by atoms with E-state index in [-0.39, 0.29) is 23.8 Å². The summed E-state index contributed by atoms with van der Waals surface area (Å²) in [5.41, 5.74) is 3.09. The summed E-state index contributed by atoms with van der Waals surface area (Å²) in [6.45, 7) is 3.15. The van der Waals surface area contributed by atoms with Crippen LogP contribution in [0.25, 0.3) is 22.0 Å². The maximum Gasteiger partial charge on any atom is 0.239 e. The first kappa shape index (κ1) is 23.6. The van der Waals surface area contributed by atoms with E-state index in [0.717, 1.165) is 16.5 Å². The highest BCUT2D eigenvalue weighted by atomic mass is 35.5. The van der Waals surface area contributed by atoms with Gasteiger partial charge in [-0.1, -0.05) is 17.7 Å². The summed E-state index contributed by atoms with van der Waals surface area (Å²) < 4.78 is 14.4. The number of carbonyl (C=O) groups excluding carboxylic acids is 2. The van der Waals surface area contributed by atoms with Gasteiger partial charge in [-0.3, -0.25) is 14.6 Å². The van der Waals surface area contributed by atoms with Gasteiger partial charge in [0.25, 0.3) is 0 Å². The van der Waals surface area contributed by atoms with E-state index in [1.54, 1.807) is 19.3 Å². The Morgan fingerprint density at radius 2 is 1.94 bits per heavy atom. The van der Waals surface area contributed by atoms with Crippen molar-refractivity contribution in [3.05, 3.63) is 71.2 Å². The Kier molecular flexibility index (Phi) is 6.43. The zero-order chi connectivity index (χ0) is 25.2. The third-order valence-corrected chi connectivity index (χ3v) is 6.19. The number of nitrogens with one attached hydrogen (secondary N) is 2. The number of aromatic nitrogens is 4. The Hall–Kier alpha value is -4.18. The number of rotatable bonds is 6. The molecule has 0 radical (unpaired) electrons. The maximum atomic E-state index is 14.4. The first-order chi connectivity index (χ1) is 17.4. The Labute approximate surface area is 210 Å². The van der Waals surface area contributed by atoms with Gasteiger partial charge in [0.1, 0.15) is 11.5 Å². The van der Waals surface area contributed by atoms with Crippen LogP contribution in [0.3, 0.4) is 0 Å². The van der Waals surface area contributed by atoms with E-state index in [9.17, 15) is 14.0 Å². The van der Waals surface area contributed by atoms with Crippen LogP contribution in [0.1, 0.15) is 29.1 Å². The molecule has 1 amide bonds. The van der Waals surface area contributed by atoms with Crippen molar-refractivity contribution in [1.82, 2.24) is 25.3 Å². The second-order valence-electron chi connectivity index (χ2n) is 8.34. The summed E-state index contributed by atoms with van der Waals surface area (Å²) >= 11 is 6.49. The average Bonchev–Trinajstić information content (AvgIpc) is 2.90. The lowest BCUT2D eigenvalue weighted by Crippen LogP contribution is -2.48. The van der Waals surface area contributed by atoms with Gasteiger partial charge in [0.15, 0.2) is 6.29 Å². The molecule has 1 aliphatic rings. The summed E-state index contributed by atoms with van der Waals surface area (Å²) in [7, 11) is 0. The van der Waals surface area contributed by atoms with Gasteiger partial charge in [-0.05, 0) is 36.8 Å². The van der Waals surface area contributed by atoms with Crippen molar-refractivity contribution < 1.29 is 14.0 Å². The van der Waals surface area contributed by atoms with Gasteiger partial charge in [-0.15, -0.1) is 0 Å². The minimum Gasteiger partial charge on any atom is -0.375 e. The largest absolute Gasteiger partial charge is 0.375 e. The first-order valence-corrected chi connectivity index (χ1v) is 11.6. The molecule has 0 bridgehead atoms. The molecule has 3 aromatic heterocycles. The van der Waals surface area contributed by atoms with E-state index in [2.05, 4.69) is 30.6 Å². The number of nitrogens with zero attached hydrogens (tertiary/aromatic N) is 5. The number of halogens is 2. The zero-order valence-corrected chi connectivity index (χ0v) is 20.0. The maximum absolute atomic E-state index is 14.4. The van der Waals surface area contributed by atoms with Crippen LogP contribution in [0, 0.1) is 5.82 Å². The van der Waals surface area contributed by atoms with Gasteiger partial charge >= 0.3 is 0 Å². The van der Waals surface area contributed by atoms with Gasteiger partial charge in [-0.25, -0.2) is 19.3 Å². The molecular weight excluding hydrogens is 485 g/mol. The average molecular weight is 506 g/mol. The highest BCUT2D eigenvalue weighted by Crippen LogP contribution is 2.35. The van der Waals surface area contributed by atoms with Crippen molar-refractivity contribution >= 4 is 46.3 Å². The lowest BCUT2D eigenvalue weighted by Gasteiger charge is -2.26. The molecule has 0 saturated carbocycles. The van der Waals surface area contributed by atoms with E-state index in [4.69, 9.17) is 11.6 Å². The molecule has 4 aromatic rings. The van der Waals surface area contributed by atoms with Gasteiger partial charge in [0.05, 0.1) is 34.5 Å². The van der Waals surface area contributed by atoms with Crippen molar-refractivity contribution in [2.45, 2.75) is 13.0 Å². The number of piperazine rings is 1. The predicted molar refractivity (Wildman–Crippen MR) is 135 cm³/mol. The number of benzene rings is 1. The molecule has 9 nitrogen and oxygen atoms in total. The van der Waals surface area contributed by atoms with Crippen LogP contribution in [0.4, 0.5) is 16.0 Å². The normalized spacial score (nSPS) is 14.4. The van der Waals surface area contributed by atoms with Crippen molar-refractivity contribution in [2.75, 3.05) is 29.9 Å². The molecule has 0 aliphatic carbocycles. The van der Waals surface area contributed by atoms with Crippen LogP contribution < -0.4 is 15.5 Å². The summed E-state index contributed by atoms with van der Waals surface area (Å²) in [5, 5.41) is 7.08. The number of anilines is 2. The number of hydrogen-bond donors (Lipinski definition) is 2. The van der Waals surface area contributed by atoms with E-state index in [1.807, 2.05) is 23.1 Å². The van der Waals surface area contributed by atoms with Crippen molar-refractivity contribution in [2.24, 2.45) is 0 Å². The van der Waals surface area contributed by atoms with E-state index < -0.39 is 11.9 Å². The minimum absolute atomic E-state index is 0.0601. The van der Waals surface area contributed by atoms with Crippen molar-refractivity contribution in [3.8, 4) is 11.1 Å². The molecule has 1 saturated heterocycles. The molecular formula is C25H21ClFN7O2. The first-order valence-electron chi connectivity index (χ1n) is 11.2. The third-order valence-electron chi connectivity index (χ3n) is 5.90. The minimum atomic E-state index is -0.582. The van der Waals surface area contributed by atoms with Crippen LogP contribution in [0.15, 0.2) is 48.9 Å². The van der Waals surface area contributed by atoms with Gasteiger partial charge in [-0.2, -0.15) is 0 Å². The van der Waals surface area contributed by atoms with Crippen LogP contribution >= 0.6 is 11.6 Å². The smallest absolute Gasteiger partial charge is 0.239 e. The van der Waals surface area contributed by atoms with Gasteiger partial charge in [0.2, 0.25) is 11.9 Å². The predicted octanol–water partition coefficient (Wildman–Crippen LogP) is 3.80. The molecule has 5 rings (SSSR count). The zero-order valence-electron chi connectivity index (χ0n) is 19.2. The van der Waals surface area contributed by atoms with E-state index >= 15 is 0 Å². The monoisotopic (exact) mass is 505 g/mol. The number of fused-ring (bicyclic) bond motifs is 1. The van der Waals surface area contributed by atoms with E-state index in [0.29, 0.717) is 41.6 Å². The Bertz CT molecular complexity index is 1470. The van der Waals surface area contributed by atoms with Crippen LogP contribution in [0.2, 0.25) is 5.02 Å². The highest BCUT2D eigenvalue weighted by Gasteiger charge is 2.19. The molecule has 1 unspecified atom stereocenters. The number of hydrogen-bond acceptors (Lipinski definition) is 8. The Morgan fingerprint density at radius 1 is 1.14 bits per heavy atom. The van der Waals surface area contributed by atoms with Crippen LogP contribution in [0.5, 0.6) is 0 Å². The van der Waals surface area contributed by atoms with Gasteiger partial charge in [0, 0.05) is 42.6 Å². The van der Waals surface area contributed by atoms with E-state index in [1.165, 1.54) is 18.3 Å². The fourth-order valence-electron chi connectivity index (χ4n) is 4.07. The molecule has 1 aromatic carbocycles. The number of aldehydes is 1. The molecule has 11 heteroatoms. The highest BCUT2D eigenvalue weighted by molar-refractivity contribution is 6.34. The Balaban J connectivity index is 1.47. The third kappa shape index (κ3) is 4.67. The number of amides is 1.